The number of aromatic nitrogens is 2. The number of carbonyl (C=O) groups is 1. The Morgan fingerprint density at radius 2 is 2.00 bits per heavy atom. The Morgan fingerprint density at radius 1 is 1.16 bits per heavy atom. The third-order valence-electron chi connectivity index (χ3n) is 6.02. The van der Waals surface area contributed by atoms with E-state index in [0.717, 1.165) is 34.5 Å². The molecule has 2 aliphatic rings. The molecule has 2 aromatic heterocycles. The predicted octanol–water partition coefficient (Wildman–Crippen LogP) is 4.78. The van der Waals surface area contributed by atoms with Crippen molar-refractivity contribution >= 4 is 22.9 Å². The molecule has 0 aliphatic carbocycles. The zero-order valence-corrected chi connectivity index (χ0v) is 18.5. The first-order valence-electron chi connectivity index (χ1n) is 10.4. The van der Waals surface area contributed by atoms with Crippen LogP contribution >= 0.6 is 11.8 Å². The van der Waals surface area contributed by atoms with Gasteiger partial charge in [-0.15, -0.1) is 0 Å². The van der Waals surface area contributed by atoms with E-state index in [2.05, 4.69) is 41.3 Å². The molecule has 0 radical (unpaired) electrons. The number of aromatic carboxylic acids is 1. The molecule has 158 valence electrons. The molecular weight excluding hydrogens is 408 g/mol. The molecule has 1 saturated heterocycles. The monoisotopic (exact) mass is 432 g/mol. The van der Waals surface area contributed by atoms with Crippen molar-refractivity contribution in [3.63, 3.8) is 0 Å². The van der Waals surface area contributed by atoms with Crippen LogP contribution in [0.25, 0.3) is 5.69 Å². The van der Waals surface area contributed by atoms with Crippen molar-refractivity contribution in [3.05, 3.63) is 82.9 Å². The molecule has 0 saturated carbocycles. The van der Waals surface area contributed by atoms with E-state index < -0.39 is 5.97 Å². The highest BCUT2D eigenvalue weighted by molar-refractivity contribution is 8.14. The van der Waals surface area contributed by atoms with Crippen molar-refractivity contribution in [2.45, 2.75) is 38.1 Å². The molecule has 1 fully saturated rings. The number of aryl methyl sites for hydroxylation is 1. The van der Waals surface area contributed by atoms with Crippen LogP contribution in [0.2, 0.25) is 0 Å². The average molecular weight is 433 g/mol. The lowest BCUT2D eigenvalue weighted by Gasteiger charge is -2.27. The van der Waals surface area contributed by atoms with E-state index in [1.807, 2.05) is 42.2 Å². The smallest absolute Gasteiger partial charge is 0.335 e. The number of carboxylic acid groups (broad SMARTS) is 1. The van der Waals surface area contributed by atoms with Gasteiger partial charge in [-0.05, 0) is 55.8 Å². The third kappa shape index (κ3) is 3.33. The van der Waals surface area contributed by atoms with Gasteiger partial charge < -0.3 is 14.6 Å². The van der Waals surface area contributed by atoms with Crippen LogP contribution in [0.4, 0.5) is 0 Å². The topological polar surface area (TPSA) is 70.7 Å². The van der Waals surface area contributed by atoms with Crippen LogP contribution < -0.4 is 0 Å². The van der Waals surface area contributed by atoms with E-state index >= 15 is 0 Å². The molecular formula is C24H24N4O2S. The SMILES string of the molecule is Cc1cc(C2C(c3ccccn3)N=C3SC(C)CN32)c(C)n1-c1cccc(C(=O)O)c1. The van der Waals surface area contributed by atoms with Gasteiger partial charge in [-0.2, -0.15) is 0 Å². The van der Waals surface area contributed by atoms with Crippen molar-refractivity contribution in [1.29, 1.82) is 0 Å². The Bertz CT molecular complexity index is 1190. The second-order valence-electron chi connectivity index (χ2n) is 8.15. The number of nitrogens with zero attached hydrogens (tertiary/aromatic N) is 4. The standard InChI is InChI=1S/C24H24N4O2S/c1-14-11-19(16(3)28(14)18-8-6-7-17(12-18)23(29)30)22-21(20-9-4-5-10-25-20)26-24-27(22)13-15(2)31-24/h4-12,15,21-22H,13H2,1-3H3,(H,29,30). The summed E-state index contributed by atoms with van der Waals surface area (Å²) >= 11 is 1.83. The summed E-state index contributed by atoms with van der Waals surface area (Å²) in [4.78, 5) is 23.6. The van der Waals surface area contributed by atoms with Gasteiger partial charge in [0.05, 0.1) is 17.3 Å². The molecule has 3 atom stereocenters. The van der Waals surface area contributed by atoms with E-state index in [-0.39, 0.29) is 17.6 Å². The molecule has 3 unspecified atom stereocenters. The summed E-state index contributed by atoms with van der Waals surface area (Å²) in [5, 5.41) is 11.0. The second-order valence-corrected chi connectivity index (χ2v) is 9.56. The molecule has 3 aromatic rings. The molecule has 7 heteroatoms. The highest BCUT2D eigenvalue weighted by Gasteiger charge is 2.44. The summed E-state index contributed by atoms with van der Waals surface area (Å²) < 4.78 is 2.14. The van der Waals surface area contributed by atoms with Gasteiger partial charge in [-0.25, -0.2) is 4.79 Å². The number of rotatable bonds is 4. The Morgan fingerprint density at radius 3 is 2.74 bits per heavy atom. The van der Waals surface area contributed by atoms with Crippen LogP contribution in [-0.4, -0.2) is 42.5 Å². The normalized spacial score (nSPS) is 22.5. The number of pyridine rings is 1. The van der Waals surface area contributed by atoms with Gasteiger partial charge >= 0.3 is 5.97 Å². The van der Waals surface area contributed by atoms with E-state index in [0.29, 0.717) is 5.25 Å². The maximum absolute atomic E-state index is 11.5. The number of aliphatic imine (C=N–C) groups is 1. The first-order valence-corrected chi connectivity index (χ1v) is 11.3. The van der Waals surface area contributed by atoms with E-state index in [1.54, 1.807) is 18.2 Å². The van der Waals surface area contributed by atoms with Crippen molar-refractivity contribution in [1.82, 2.24) is 14.5 Å². The lowest BCUT2D eigenvalue weighted by atomic mass is 9.96. The number of hydrogen-bond donors (Lipinski definition) is 1. The fourth-order valence-corrected chi connectivity index (χ4v) is 5.81. The molecule has 0 amide bonds. The van der Waals surface area contributed by atoms with Gasteiger partial charge in [0, 0.05) is 35.1 Å². The minimum absolute atomic E-state index is 0.0597. The summed E-state index contributed by atoms with van der Waals surface area (Å²) in [5.74, 6) is -0.920. The summed E-state index contributed by atoms with van der Waals surface area (Å²) in [6, 6.07) is 15.3. The van der Waals surface area contributed by atoms with Crippen molar-refractivity contribution in [2.75, 3.05) is 6.54 Å². The van der Waals surface area contributed by atoms with Gasteiger partial charge in [-0.1, -0.05) is 30.8 Å². The maximum Gasteiger partial charge on any atom is 0.335 e. The molecule has 1 N–H and O–H groups in total. The lowest BCUT2D eigenvalue weighted by Crippen LogP contribution is -2.28. The second kappa shape index (κ2) is 7.57. The van der Waals surface area contributed by atoms with Gasteiger partial charge in [0.25, 0.3) is 0 Å². The third-order valence-corrected chi connectivity index (χ3v) is 7.12. The minimum Gasteiger partial charge on any atom is -0.478 e. The summed E-state index contributed by atoms with van der Waals surface area (Å²) in [7, 11) is 0. The quantitative estimate of drug-likeness (QED) is 0.643. The van der Waals surface area contributed by atoms with Crippen LogP contribution in [0.5, 0.6) is 0 Å². The van der Waals surface area contributed by atoms with E-state index in [4.69, 9.17) is 4.99 Å². The summed E-state index contributed by atoms with van der Waals surface area (Å²) in [6.45, 7) is 7.36. The largest absolute Gasteiger partial charge is 0.478 e. The molecule has 31 heavy (non-hydrogen) atoms. The first kappa shape index (κ1) is 19.9. The number of fused-ring (bicyclic) bond motifs is 1. The number of benzene rings is 1. The Labute approximate surface area is 185 Å². The summed E-state index contributed by atoms with van der Waals surface area (Å²) in [5.41, 5.74) is 5.51. The van der Waals surface area contributed by atoms with Crippen LogP contribution in [0.1, 0.15) is 52.0 Å². The number of thioether (sulfide) groups is 1. The molecule has 2 aliphatic heterocycles. The minimum atomic E-state index is -0.920. The van der Waals surface area contributed by atoms with Gasteiger partial charge in [0.2, 0.25) is 0 Å². The van der Waals surface area contributed by atoms with Gasteiger partial charge in [-0.3, -0.25) is 9.98 Å². The fraction of sp³-hybridized carbons (Fsp3) is 0.292. The van der Waals surface area contributed by atoms with Crippen molar-refractivity contribution in [3.8, 4) is 5.69 Å². The summed E-state index contributed by atoms with van der Waals surface area (Å²) in [6.07, 6.45) is 1.83. The number of carboxylic acids is 1. The number of hydrogen-bond acceptors (Lipinski definition) is 5. The van der Waals surface area contributed by atoms with Crippen LogP contribution in [0, 0.1) is 13.8 Å². The lowest BCUT2D eigenvalue weighted by molar-refractivity contribution is 0.0697. The highest BCUT2D eigenvalue weighted by Crippen LogP contribution is 2.48. The Hall–Kier alpha value is -3.06. The first-order chi connectivity index (χ1) is 14.9. The fourth-order valence-electron chi connectivity index (χ4n) is 4.72. The molecule has 4 heterocycles. The van der Waals surface area contributed by atoms with Crippen LogP contribution in [-0.2, 0) is 0 Å². The zero-order chi connectivity index (χ0) is 21.7. The van der Waals surface area contributed by atoms with E-state index in [9.17, 15) is 9.90 Å². The average Bonchev–Trinajstić information content (AvgIpc) is 3.38. The Kier molecular flexibility index (Phi) is 4.85. The van der Waals surface area contributed by atoms with Gasteiger partial charge in [0.1, 0.15) is 6.04 Å². The molecule has 6 nitrogen and oxygen atoms in total. The highest BCUT2D eigenvalue weighted by atomic mass is 32.2. The van der Waals surface area contributed by atoms with Crippen molar-refractivity contribution < 1.29 is 9.90 Å². The molecule has 0 bridgehead atoms. The van der Waals surface area contributed by atoms with Gasteiger partial charge in [0.15, 0.2) is 5.17 Å². The number of amidine groups is 1. The Balaban J connectivity index is 1.62. The van der Waals surface area contributed by atoms with E-state index in [1.165, 1.54) is 5.56 Å². The maximum atomic E-state index is 11.5. The predicted molar refractivity (Wildman–Crippen MR) is 123 cm³/mol. The molecule has 0 spiro atoms. The van der Waals surface area contributed by atoms with Crippen molar-refractivity contribution in [2.24, 2.45) is 4.99 Å². The zero-order valence-electron chi connectivity index (χ0n) is 17.7. The molecule has 1 aromatic carbocycles. The van der Waals surface area contributed by atoms with Crippen LogP contribution in [0.15, 0.2) is 59.7 Å². The molecule has 5 rings (SSSR count). The van der Waals surface area contributed by atoms with Crippen LogP contribution in [0.3, 0.4) is 0 Å².